The SMILES string of the molecule is CC(C)CCC(C[C@@H](C)[C@H](O)CCC(C)(C)CCC(O)C1CCC(C)CC1)C(C)C. The summed E-state index contributed by atoms with van der Waals surface area (Å²) in [6, 6.07) is 0. The van der Waals surface area contributed by atoms with Crippen LogP contribution in [0.3, 0.4) is 0 Å². The summed E-state index contributed by atoms with van der Waals surface area (Å²) in [7, 11) is 0. The molecule has 1 aliphatic rings. The van der Waals surface area contributed by atoms with Gasteiger partial charge in [0.25, 0.3) is 0 Å². The van der Waals surface area contributed by atoms with Crippen LogP contribution in [0.5, 0.6) is 0 Å². The first-order valence-corrected chi connectivity index (χ1v) is 13.3. The van der Waals surface area contributed by atoms with Crippen molar-refractivity contribution in [1.29, 1.82) is 0 Å². The van der Waals surface area contributed by atoms with E-state index in [0.717, 1.165) is 49.9 Å². The minimum absolute atomic E-state index is 0.131. The molecule has 1 fully saturated rings. The molecule has 0 bridgehead atoms. The first kappa shape index (κ1) is 28.0. The van der Waals surface area contributed by atoms with E-state index < -0.39 is 0 Å². The average molecular weight is 425 g/mol. The molecule has 1 saturated carbocycles. The molecule has 1 rings (SSSR count). The lowest BCUT2D eigenvalue weighted by atomic mass is 9.75. The van der Waals surface area contributed by atoms with E-state index in [2.05, 4.69) is 55.4 Å². The number of aliphatic hydroxyl groups excluding tert-OH is 2. The fourth-order valence-corrected chi connectivity index (χ4v) is 5.30. The van der Waals surface area contributed by atoms with E-state index in [4.69, 9.17) is 0 Å². The Bertz CT molecular complexity index is 434. The van der Waals surface area contributed by atoms with E-state index >= 15 is 0 Å². The Kier molecular flexibility index (Phi) is 12.5. The molecule has 0 aromatic carbocycles. The summed E-state index contributed by atoms with van der Waals surface area (Å²) in [5.74, 6) is 3.91. The Hall–Kier alpha value is -0.0800. The standard InChI is InChI=1S/C28H56O2/c1-20(2)9-12-25(21(3)4)19-23(6)26(29)15-17-28(7,8)18-16-27(30)24-13-10-22(5)11-14-24/h20-27,29-30H,9-19H2,1-8H3/t22?,23-,24?,25?,26-,27?/m1/s1. The van der Waals surface area contributed by atoms with Crippen LogP contribution >= 0.6 is 0 Å². The molecule has 0 spiro atoms. The Morgan fingerprint density at radius 1 is 0.800 bits per heavy atom. The minimum Gasteiger partial charge on any atom is -0.393 e. The van der Waals surface area contributed by atoms with Crippen LogP contribution < -0.4 is 0 Å². The van der Waals surface area contributed by atoms with Gasteiger partial charge in [0.2, 0.25) is 0 Å². The first-order valence-electron chi connectivity index (χ1n) is 13.3. The monoisotopic (exact) mass is 424 g/mol. The quantitative estimate of drug-likeness (QED) is 0.298. The second kappa shape index (κ2) is 13.5. The summed E-state index contributed by atoms with van der Waals surface area (Å²) in [5.41, 5.74) is 0.193. The van der Waals surface area contributed by atoms with Gasteiger partial charge >= 0.3 is 0 Å². The van der Waals surface area contributed by atoms with Gasteiger partial charge in [-0.1, -0.05) is 74.7 Å². The van der Waals surface area contributed by atoms with E-state index in [1.807, 2.05) is 0 Å². The van der Waals surface area contributed by atoms with Crippen molar-refractivity contribution < 1.29 is 10.2 Å². The molecule has 0 aromatic heterocycles. The summed E-state index contributed by atoms with van der Waals surface area (Å²) in [6.07, 6.45) is 12.3. The molecule has 30 heavy (non-hydrogen) atoms. The van der Waals surface area contributed by atoms with Crippen molar-refractivity contribution >= 4 is 0 Å². The van der Waals surface area contributed by atoms with Gasteiger partial charge in [0.05, 0.1) is 12.2 Å². The maximum Gasteiger partial charge on any atom is 0.0568 e. The number of hydrogen-bond acceptors (Lipinski definition) is 2. The van der Waals surface area contributed by atoms with E-state index in [0.29, 0.717) is 17.8 Å². The largest absolute Gasteiger partial charge is 0.393 e. The van der Waals surface area contributed by atoms with Gasteiger partial charge in [-0.15, -0.1) is 0 Å². The molecule has 2 unspecified atom stereocenters. The van der Waals surface area contributed by atoms with Crippen LogP contribution in [0, 0.1) is 40.9 Å². The zero-order valence-corrected chi connectivity index (χ0v) is 21.8. The second-order valence-corrected chi connectivity index (χ2v) is 12.6. The second-order valence-electron chi connectivity index (χ2n) is 12.6. The Balaban J connectivity index is 2.38. The Labute approximate surface area is 189 Å². The molecular weight excluding hydrogens is 368 g/mol. The predicted octanol–water partition coefficient (Wildman–Crippen LogP) is 7.86. The van der Waals surface area contributed by atoms with E-state index in [1.54, 1.807) is 0 Å². The zero-order chi connectivity index (χ0) is 22.9. The zero-order valence-electron chi connectivity index (χ0n) is 21.8. The van der Waals surface area contributed by atoms with Gasteiger partial charge in [-0.3, -0.25) is 0 Å². The highest BCUT2D eigenvalue weighted by Crippen LogP contribution is 2.36. The molecule has 0 radical (unpaired) electrons. The van der Waals surface area contributed by atoms with Crippen LogP contribution in [-0.2, 0) is 0 Å². The third kappa shape index (κ3) is 11.0. The third-order valence-electron chi connectivity index (χ3n) is 8.23. The molecule has 2 N–H and O–H groups in total. The molecule has 0 heterocycles. The molecule has 4 atom stereocenters. The summed E-state index contributed by atoms with van der Waals surface area (Å²) in [6.45, 7) is 18.5. The summed E-state index contributed by atoms with van der Waals surface area (Å²) < 4.78 is 0. The van der Waals surface area contributed by atoms with Crippen LogP contribution in [0.1, 0.15) is 126 Å². The van der Waals surface area contributed by atoms with Gasteiger partial charge in [0.1, 0.15) is 0 Å². The van der Waals surface area contributed by atoms with E-state index in [9.17, 15) is 10.2 Å². The molecule has 0 saturated heterocycles. The van der Waals surface area contributed by atoms with Crippen molar-refractivity contribution in [3.63, 3.8) is 0 Å². The molecule has 0 amide bonds. The highest BCUT2D eigenvalue weighted by Gasteiger charge is 2.28. The molecule has 0 aliphatic heterocycles. The van der Waals surface area contributed by atoms with Crippen molar-refractivity contribution in [3.05, 3.63) is 0 Å². The average Bonchev–Trinajstić information content (AvgIpc) is 2.67. The van der Waals surface area contributed by atoms with Gasteiger partial charge < -0.3 is 10.2 Å². The fraction of sp³-hybridized carbons (Fsp3) is 1.00. The highest BCUT2D eigenvalue weighted by atomic mass is 16.3. The maximum atomic E-state index is 10.8. The predicted molar refractivity (Wildman–Crippen MR) is 132 cm³/mol. The van der Waals surface area contributed by atoms with Gasteiger partial charge in [-0.2, -0.15) is 0 Å². The molecule has 2 heteroatoms. The Morgan fingerprint density at radius 2 is 1.37 bits per heavy atom. The topological polar surface area (TPSA) is 40.5 Å². The molecule has 1 aliphatic carbocycles. The lowest BCUT2D eigenvalue weighted by Gasteiger charge is -2.33. The molecular formula is C28H56O2. The summed E-state index contributed by atoms with van der Waals surface area (Å²) in [5, 5.41) is 21.5. The van der Waals surface area contributed by atoms with Gasteiger partial charge in [0.15, 0.2) is 0 Å². The normalized spacial score (nSPS) is 24.8. The third-order valence-corrected chi connectivity index (χ3v) is 8.23. The first-order chi connectivity index (χ1) is 13.9. The smallest absolute Gasteiger partial charge is 0.0568 e. The van der Waals surface area contributed by atoms with Crippen molar-refractivity contribution in [2.45, 2.75) is 138 Å². The summed E-state index contributed by atoms with van der Waals surface area (Å²) >= 11 is 0. The van der Waals surface area contributed by atoms with E-state index in [1.165, 1.54) is 38.5 Å². The van der Waals surface area contributed by atoms with Crippen molar-refractivity contribution in [2.75, 3.05) is 0 Å². The van der Waals surface area contributed by atoms with Crippen LogP contribution in [0.2, 0.25) is 0 Å². The van der Waals surface area contributed by atoms with Crippen LogP contribution in [0.4, 0.5) is 0 Å². The maximum absolute atomic E-state index is 10.8. The van der Waals surface area contributed by atoms with Gasteiger partial charge in [-0.05, 0) is 92.3 Å². The van der Waals surface area contributed by atoms with Crippen molar-refractivity contribution in [2.24, 2.45) is 40.9 Å². The van der Waals surface area contributed by atoms with Crippen LogP contribution in [0.15, 0.2) is 0 Å². The minimum atomic E-state index is -0.200. The molecule has 0 aromatic rings. The number of hydrogen-bond donors (Lipinski definition) is 2. The number of aliphatic hydroxyl groups is 2. The fourth-order valence-electron chi connectivity index (χ4n) is 5.30. The lowest BCUT2D eigenvalue weighted by molar-refractivity contribution is 0.0488. The highest BCUT2D eigenvalue weighted by molar-refractivity contribution is 4.80. The van der Waals surface area contributed by atoms with Crippen LogP contribution in [-0.4, -0.2) is 22.4 Å². The van der Waals surface area contributed by atoms with Gasteiger partial charge in [0, 0.05) is 0 Å². The number of rotatable bonds is 14. The Morgan fingerprint density at radius 3 is 1.90 bits per heavy atom. The van der Waals surface area contributed by atoms with E-state index in [-0.39, 0.29) is 17.6 Å². The molecule has 180 valence electrons. The molecule has 2 nitrogen and oxygen atoms in total. The van der Waals surface area contributed by atoms with Crippen molar-refractivity contribution in [1.82, 2.24) is 0 Å². The van der Waals surface area contributed by atoms with Crippen molar-refractivity contribution in [3.8, 4) is 0 Å². The van der Waals surface area contributed by atoms with Crippen LogP contribution in [0.25, 0.3) is 0 Å². The lowest BCUT2D eigenvalue weighted by Crippen LogP contribution is -2.28. The summed E-state index contributed by atoms with van der Waals surface area (Å²) in [4.78, 5) is 0. The van der Waals surface area contributed by atoms with Gasteiger partial charge in [-0.25, -0.2) is 0 Å².